The molecule has 0 heterocycles. The monoisotopic (exact) mass is 298 g/mol. The van der Waals surface area contributed by atoms with Gasteiger partial charge in [-0.1, -0.05) is 23.7 Å². The van der Waals surface area contributed by atoms with E-state index in [0.717, 1.165) is 12.1 Å². The summed E-state index contributed by atoms with van der Waals surface area (Å²) in [5, 5.41) is 10.2. The van der Waals surface area contributed by atoms with E-state index >= 15 is 0 Å². The van der Waals surface area contributed by atoms with Gasteiger partial charge in [-0.05, 0) is 36.8 Å². The number of benzene rings is 2. The maximum absolute atomic E-state index is 13.2. The largest absolute Gasteiger partial charge is 0.494 e. The van der Waals surface area contributed by atoms with Gasteiger partial charge < -0.3 is 9.84 Å². The predicted octanol–water partition coefficient (Wildman–Crippen LogP) is 4.10. The molecular weight excluding hydrogens is 286 g/mol. The first kappa shape index (κ1) is 14.8. The smallest absolute Gasteiger partial charge is 0.160 e. The van der Waals surface area contributed by atoms with Crippen molar-refractivity contribution in [3.63, 3.8) is 0 Å². The predicted molar refractivity (Wildman–Crippen MR) is 73.0 cm³/mol. The minimum absolute atomic E-state index is 0.0229. The lowest BCUT2D eigenvalue weighted by Crippen LogP contribution is -2.02. The van der Waals surface area contributed by atoms with Crippen LogP contribution >= 0.6 is 11.6 Å². The zero-order valence-electron chi connectivity index (χ0n) is 10.7. The molecule has 0 amide bonds. The van der Waals surface area contributed by atoms with Gasteiger partial charge in [-0.3, -0.25) is 0 Å². The Bertz CT molecular complexity index is 600. The van der Waals surface area contributed by atoms with Crippen molar-refractivity contribution in [3.05, 3.63) is 64.2 Å². The molecule has 2 aromatic rings. The molecular formula is C15H13ClF2O2. The van der Waals surface area contributed by atoms with Gasteiger partial charge >= 0.3 is 0 Å². The Balaban J connectivity index is 2.31. The average molecular weight is 299 g/mol. The first-order valence-electron chi connectivity index (χ1n) is 6.08. The molecule has 0 aromatic heterocycles. The van der Waals surface area contributed by atoms with E-state index in [1.807, 2.05) is 6.92 Å². The third-order valence-corrected chi connectivity index (χ3v) is 3.17. The van der Waals surface area contributed by atoms with Crippen LogP contribution in [-0.2, 0) is 0 Å². The molecule has 20 heavy (non-hydrogen) atoms. The van der Waals surface area contributed by atoms with Crippen molar-refractivity contribution in [2.45, 2.75) is 13.0 Å². The maximum atomic E-state index is 13.2. The molecule has 2 nitrogen and oxygen atoms in total. The number of rotatable bonds is 4. The van der Waals surface area contributed by atoms with Crippen LogP contribution in [0.15, 0.2) is 36.4 Å². The van der Waals surface area contributed by atoms with Crippen LogP contribution in [0.3, 0.4) is 0 Å². The van der Waals surface area contributed by atoms with Gasteiger partial charge in [-0.2, -0.15) is 0 Å². The molecule has 0 radical (unpaired) electrons. The van der Waals surface area contributed by atoms with Crippen LogP contribution in [0.1, 0.15) is 24.2 Å². The minimum Gasteiger partial charge on any atom is -0.494 e. The normalized spacial score (nSPS) is 12.2. The quantitative estimate of drug-likeness (QED) is 0.861. The summed E-state index contributed by atoms with van der Waals surface area (Å²) in [5.41, 5.74) is 0.635. The van der Waals surface area contributed by atoms with E-state index in [2.05, 4.69) is 0 Å². The maximum Gasteiger partial charge on any atom is 0.160 e. The van der Waals surface area contributed by atoms with Crippen molar-refractivity contribution >= 4 is 11.6 Å². The average Bonchev–Trinajstić information content (AvgIpc) is 2.43. The van der Waals surface area contributed by atoms with Gasteiger partial charge in [0.1, 0.15) is 11.9 Å². The third-order valence-electron chi connectivity index (χ3n) is 2.84. The lowest BCUT2D eigenvalue weighted by Gasteiger charge is -2.14. The Kier molecular flexibility index (Phi) is 4.57. The van der Waals surface area contributed by atoms with E-state index in [4.69, 9.17) is 16.3 Å². The van der Waals surface area contributed by atoms with Gasteiger partial charge in [0.25, 0.3) is 0 Å². The number of ether oxygens (including phenoxy) is 1. The SMILES string of the molecule is CCOc1ccc(C(O)c2cc(F)c(F)cc2Cl)cc1. The van der Waals surface area contributed by atoms with Crippen LogP contribution in [0.2, 0.25) is 5.02 Å². The second-order valence-electron chi connectivity index (χ2n) is 4.19. The third kappa shape index (κ3) is 3.08. The molecule has 2 rings (SSSR count). The minimum atomic E-state index is -1.13. The molecule has 1 N–H and O–H groups in total. The fraction of sp³-hybridized carbons (Fsp3) is 0.200. The summed E-state index contributed by atoms with van der Waals surface area (Å²) in [6.07, 6.45) is -1.13. The Morgan fingerprint density at radius 2 is 1.75 bits per heavy atom. The summed E-state index contributed by atoms with van der Waals surface area (Å²) in [5.74, 6) is -1.42. The second kappa shape index (κ2) is 6.20. The Hall–Kier alpha value is -1.65. The van der Waals surface area contributed by atoms with E-state index in [9.17, 15) is 13.9 Å². The molecule has 0 aliphatic heterocycles. The number of aliphatic hydroxyl groups excluding tert-OH is 1. The Morgan fingerprint density at radius 1 is 1.15 bits per heavy atom. The van der Waals surface area contributed by atoms with Crippen LogP contribution in [0.5, 0.6) is 5.75 Å². The van der Waals surface area contributed by atoms with Crippen LogP contribution in [0, 0.1) is 11.6 Å². The molecule has 5 heteroatoms. The van der Waals surface area contributed by atoms with E-state index in [-0.39, 0.29) is 10.6 Å². The van der Waals surface area contributed by atoms with Gasteiger partial charge in [-0.15, -0.1) is 0 Å². The summed E-state index contributed by atoms with van der Waals surface area (Å²) < 4.78 is 31.5. The summed E-state index contributed by atoms with van der Waals surface area (Å²) in [6, 6.07) is 8.43. The first-order chi connectivity index (χ1) is 9.52. The second-order valence-corrected chi connectivity index (χ2v) is 4.60. The van der Waals surface area contributed by atoms with Crippen LogP contribution in [0.25, 0.3) is 0 Å². The number of halogens is 3. The molecule has 0 bridgehead atoms. The highest BCUT2D eigenvalue weighted by atomic mass is 35.5. The summed E-state index contributed by atoms with van der Waals surface area (Å²) in [7, 11) is 0. The van der Waals surface area contributed by atoms with Crippen LogP contribution < -0.4 is 4.74 Å². The van der Waals surface area contributed by atoms with E-state index in [0.29, 0.717) is 17.9 Å². The first-order valence-corrected chi connectivity index (χ1v) is 6.46. The van der Waals surface area contributed by atoms with E-state index in [1.54, 1.807) is 24.3 Å². The van der Waals surface area contributed by atoms with Crippen molar-refractivity contribution in [2.24, 2.45) is 0 Å². The fourth-order valence-electron chi connectivity index (χ4n) is 1.84. The molecule has 1 atom stereocenters. The van der Waals surface area contributed by atoms with Crippen molar-refractivity contribution in [1.29, 1.82) is 0 Å². The molecule has 0 saturated carbocycles. The van der Waals surface area contributed by atoms with E-state index < -0.39 is 17.7 Å². The number of aliphatic hydroxyl groups is 1. The summed E-state index contributed by atoms with van der Waals surface area (Å²) >= 11 is 5.84. The van der Waals surface area contributed by atoms with Crippen molar-refractivity contribution in [1.82, 2.24) is 0 Å². The van der Waals surface area contributed by atoms with Crippen molar-refractivity contribution in [2.75, 3.05) is 6.61 Å². The lowest BCUT2D eigenvalue weighted by molar-refractivity contribution is 0.219. The topological polar surface area (TPSA) is 29.5 Å². The van der Waals surface area contributed by atoms with Gasteiger partial charge in [-0.25, -0.2) is 8.78 Å². The highest BCUT2D eigenvalue weighted by molar-refractivity contribution is 6.31. The summed E-state index contributed by atoms with van der Waals surface area (Å²) in [6.45, 7) is 2.40. The lowest BCUT2D eigenvalue weighted by atomic mass is 10.0. The van der Waals surface area contributed by atoms with E-state index in [1.165, 1.54) is 0 Å². The highest BCUT2D eigenvalue weighted by Crippen LogP contribution is 2.30. The van der Waals surface area contributed by atoms with Crippen LogP contribution in [-0.4, -0.2) is 11.7 Å². The Morgan fingerprint density at radius 3 is 2.35 bits per heavy atom. The van der Waals surface area contributed by atoms with Crippen molar-refractivity contribution < 1.29 is 18.6 Å². The zero-order valence-corrected chi connectivity index (χ0v) is 11.5. The van der Waals surface area contributed by atoms with Crippen molar-refractivity contribution in [3.8, 4) is 5.75 Å². The fourth-order valence-corrected chi connectivity index (χ4v) is 2.09. The number of hydrogen-bond acceptors (Lipinski definition) is 2. The molecule has 0 aliphatic rings. The number of hydrogen-bond donors (Lipinski definition) is 1. The summed E-state index contributed by atoms with van der Waals surface area (Å²) in [4.78, 5) is 0. The Labute approximate surface area is 120 Å². The molecule has 0 saturated heterocycles. The molecule has 2 aromatic carbocycles. The highest BCUT2D eigenvalue weighted by Gasteiger charge is 2.17. The molecule has 106 valence electrons. The molecule has 1 unspecified atom stereocenters. The molecule has 0 spiro atoms. The van der Waals surface area contributed by atoms with Gasteiger partial charge in [0.2, 0.25) is 0 Å². The van der Waals surface area contributed by atoms with Gasteiger partial charge in [0.05, 0.1) is 6.61 Å². The zero-order chi connectivity index (χ0) is 14.7. The standard InChI is InChI=1S/C15H13ClF2O2/c1-2-20-10-5-3-9(4-6-10)15(19)11-7-13(17)14(18)8-12(11)16/h3-8,15,19H,2H2,1H3. The molecule has 0 aliphatic carbocycles. The van der Waals surface area contributed by atoms with Gasteiger partial charge in [0.15, 0.2) is 11.6 Å². The van der Waals surface area contributed by atoms with Gasteiger partial charge in [0, 0.05) is 10.6 Å². The molecule has 0 fully saturated rings. The van der Waals surface area contributed by atoms with Crippen LogP contribution in [0.4, 0.5) is 8.78 Å².